The molecule has 0 aliphatic carbocycles. The summed E-state index contributed by atoms with van der Waals surface area (Å²) in [6.45, 7) is 6.63. The number of rotatable bonds is 9. The fraction of sp³-hybridized carbons (Fsp3) is 0.375. The third-order valence-electron chi connectivity index (χ3n) is 5.82. The molecule has 0 bridgehead atoms. The molecule has 1 aliphatic heterocycles. The number of methoxy groups -OCH3 is 2. The molecule has 0 radical (unpaired) electrons. The number of likely N-dealkylation sites (N-methyl/N-ethyl adjacent to an activating group) is 1. The summed E-state index contributed by atoms with van der Waals surface area (Å²) in [7, 11) is 2.87. The number of aliphatic hydroxyl groups is 1. The van der Waals surface area contributed by atoms with Crippen LogP contribution in [0.25, 0.3) is 5.76 Å². The van der Waals surface area contributed by atoms with Crippen LogP contribution in [0.4, 0.5) is 0 Å². The van der Waals surface area contributed by atoms with Crippen LogP contribution in [0.2, 0.25) is 5.02 Å². The van der Waals surface area contributed by atoms with Crippen LogP contribution in [0.3, 0.4) is 0 Å². The summed E-state index contributed by atoms with van der Waals surface area (Å²) < 4.78 is 10.7. The van der Waals surface area contributed by atoms with Gasteiger partial charge in [0.1, 0.15) is 17.3 Å². The van der Waals surface area contributed by atoms with E-state index in [1.54, 1.807) is 24.5 Å². The highest BCUT2D eigenvalue weighted by atomic mass is 35.5. The molecule has 1 atom stereocenters. The van der Waals surface area contributed by atoms with Gasteiger partial charge in [0, 0.05) is 31.5 Å². The van der Waals surface area contributed by atoms with Crippen LogP contribution in [0.15, 0.2) is 42.2 Å². The highest BCUT2D eigenvalue weighted by Crippen LogP contribution is 2.42. The average Bonchev–Trinajstić information content (AvgIpc) is 3.09. The quantitative estimate of drug-likeness (QED) is 0.338. The monoisotopic (exact) mass is 473 g/mol. The Kier molecular flexibility index (Phi) is 7.94. The summed E-state index contributed by atoms with van der Waals surface area (Å²) in [6.07, 6.45) is 3.20. The molecule has 1 aromatic carbocycles. The number of hydrogen-bond acceptors (Lipinski definition) is 7. The van der Waals surface area contributed by atoms with Crippen molar-refractivity contribution < 1.29 is 24.2 Å². The van der Waals surface area contributed by atoms with Gasteiger partial charge in [-0.3, -0.25) is 14.6 Å². The lowest BCUT2D eigenvalue weighted by Gasteiger charge is -2.28. The van der Waals surface area contributed by atoms with Gasteiger partial charge in [0.15, 0.2) is 0 Å². The molecule has 1 saturated heterocycles. The lowest BCUT2D eigenvalue weighted by Crippen LogP contribution is -2.38. The number of halogens is 1. The van der Waals surface area contributed by atoms with Gasteiger partial charge in [-0.2, -0.15) is 0 Å². The van der Waals surface area contributed by atoms with Crippen molar-refractivity contribution in [1.29, 1.82) is 0 Å². The molecule has 1 fully saturated rings. The first-order valence-corrected chi connectivity index (χ1v) is 11.1. The van der Waals surface area contributed by atoms with Gasteiger partial charge in [-0.25, -0.2) is 0 Å². The number of carbonyl (C=O) groups is 2. The van der Waals surface area contributed by atoms with Gasteiger partial charge >= 0.3 is 0 Å². The number of amides is 1. The number of ketones is 1. The highest BCUT2D eigenvalue weighted by molar-refractivity contribution is 6.46. The highest BCUT2D eigenvalue weighted by Gasteiger charge is 2.46. The van der Waals surface area contributed by atoms with Crippen molar-refractivity contribution >= 4 is 29.1 Å². The van der Waals surface area contributed by atoms with Crippen molar-refractivity contribution in [2.45, 2.75) is 19.9 Å². The van der Waals surface area contributed by atoms with E-state index in [1.807, 2.05) is 13.8 Å². The van der Waals surface area contributed by atoms with Gasteiger partial charge in [0.2, 0.25) is 0 Å². The van der Waals surface area contributed by atoms with Crippen LogP contribution < -0.4 is 9.47 Å². The van der Waals surface area contributed by atoms with E-state index in [0.29, 0.717) is 24.4 Å². The van der Waals surface area contributed by atoms with Gasteiger partial charge in [0.25, 0.3) is 11.7 Å². The minimum Gasteiger partial charge on any atom is -0.507 e. The Labute approximate surface area is 198 Å². The number of benzene rings is 1. The largest absolute Gasteiger partial charge is 0.507 e. The molecule has 1 unspecified atom stereocenters. The molecular weight excluding hydrogens is 446 g/mol. The number of hydrogen-bond donors (Lipinski definition) is 1. The number of likely N-dealkylation sites (tertiary alicyclic amines) is 1. The molecule has 9 heteroatoms. The fourth-order valence-corrected chi connectivity index (χ4v) is 4.21. The summed E-state index contributed by atoms with van der Waals surface area (Å²) in [5, 5.41) is 11.6. The second kappa shape index (κ2) is 10.7. The maximum absolute atomic E-state index is 13.2. The number of ether oxygens (including phenoxy) is 2. The molecule has 176 valence electrons. The van der Waals surface area contributed by atoms with E-state index in [2.05, 4.69) is 9.88 Å². The van der Waals surface area contributed by atoms with Crippen molar-refractivity contribution in [2.75, 3.05) is 40.4 Å². The van der Waals surface area contributed by atoms with Crippen molar-refractivity contribution in [2.24, 2.45) is 0 Å². The van der Waals surface area contributed by atoms with Crippen LogP contribution in [0, 0.1) is 0 Å². The van der Waals surface area contributed by atoms with E-state index in [9.17, 15) is 14.7 Å². The third-order valence-corrected chi connectivity index (χ3v) is 6.12. The zero-order chi connectivity index (χ0) is 24.1. The number of pyridine rings is 1. The van der Waals surface area contributed by atoms with E-state index in [-0.39, 0.29) is 27.7 Å². The van der Waals surface area contributed by atoms with Gasteiger partial charge < -0.3 is 24.4 Å². The zero-order valence-corrected chi connectivity index (χ0v) is 19.9. The Morgan fingerprint density at radius 3 is 2.45 bits per heavy atom. The van der Waals surface area contributed by atoms with E-state index in [1.165, 1.54) is 31.3 Å². The van der Waals surface area contributed by atoms with E-state index in [4.69, 9.17) is 21.1 Å². The molecular formula is C24H28ClN3O5. The number of Topliss-reactive ketones (excluding diaryl/α,β-unsaturated/α-hetero) is 1. The molecule has 33 heavy (non-hydrogen) atoms. The van der Waals surface area contributed by atoms with Gasteiger partial charge in [-0.15, -0.1) is 0 Å². The maximum Gasteiger partial charge on any atom is 0.295 e. The van der Waals surface area contributed by atoms with Crippen molar-refractivity contribution in [3.8, 4) is 11.5 Å². The first kappa shape index (κ1) is 24.5. The van der Waals surface area contributed by atoms with E-state index in [0.717, 1.165) is 13.1 Å². The van der Waals surface area contributed by atoms with Crippen molar-refractivity contribution in [3.63, 3.8) is 0 Å². The molecule has 1 N–H and O–H groups in total. The van der Waals surface area contributed by atoms with Gasteiger partial charge in [-0.05, 0) is 30.8 Å². The minimum atomic E-state index is -0.791. The van der Waals surface area contributed by atoms with Crippen molar-refractivity contribution in [1.82, 2.24) is 14.8 Å². The van der Waals surface area contributed by atoms with E-state index < -0.39 is 17.7 Å². The normalized spacial score (nSPS) is 17.6. The Bertz CT molecular complexity index is 1050. The van der Waals surface area contributed by atoms with Gasteiger partial charge in [-0.1, -0.05) is 31.5 Å². The third kappa shape index (κ3) is 4.82. The SMILES string of the molecule is CCN(CC)CCN1C(=O)C(=O)/C(=C(/O)c2cc(OC)c(Cl)cc2OC)C1c1cccnc1. The molecule has 3 rings (SSSR count). The molecule has 8 nitrogen and oxygen atoms in total. The second-order valence-corrected chi connectivity index (χ2v) is 7.90. The Hall–Kier alpha value is -3.10. The molecule has 2 heterocycles. The molecule has 1 amide bonds. The van der Waals surface area contributed by atoms with Crippen LogP contribution >= 0.6 is 11.6 Å². The minimum absolute atomic E-state index is 0.0322. The van der Waals surface area contributed by atoms with E-state index >= 15 is 0 Å². The Morgan fingerprint density at radius 2 is 1.88 bits per heavy atom. The number of aliphatic hydroxyl groups excluding tert-OH is 1. The number of aromatic nitrogens is 1. The zero-order valence-electron chi connectivity index (χ0n) is 19.2. The molecule has 1 aromatic heterocycles. The van der Waals surface area contributed by atoms with Crippen LogP contribution in [-0.2, 0) is 9.59 Å². The standard InChI is InChI=1S/C24H28ClN3O5/c1-5-27(6-2)10-11-28-21(15-8-7-9-26-14-15)20(23(30)24(28)31)22(29)16-12-19(33-4)17(25)13-18(16)32-3/h7-9,12-14,21,29H,5-6,10-11H2,1-4H3/b22-20+. The molecule has 2 aromatic rings. The molecule has 1 aliphatic rings. The maximum atomic E-state index is 13.2. The topological polar surface area (TPSA) is 92.2 Å². The summed E-state index contributed by atoms with van der Waals surface area (Å²) in [5.74, 6) is -1.25. The Morgan fingerprint density at radius 1 is 1.18 bits per heavy atom. The van der Waals surface area contributed by atoms with Crippen LogP contribution in [-0.4, -0.2) is 72.0 Å². The molecule has 0 spiro atoms. The number of carbonyl (C=O) groups excluding carboxylic acids is 2. The van der Waals surface area contributed by atoms with Gasteiger partial charge in [0.05, 0.1) is 36.4 Å². The van der Waals surface area contributed by atoms with Crippen molar-refractivity contribution in [3.05, 3.63) is 58.4 Å². The fourth-order valence-electron chi connectivity index (χ4n) is 3.97. The van der Waals surface area contributed by atoms with Crippen LogP contribution in [0.1, 0.15) is 31.0 Å². The smallest absolute Gasteiger partial charge is 0.295 e. The lowest BCUT2D eigenvalue weighted by molar-refractivity contribution is -0.140. The first-order valence-electron chi connectivity index (χ1n) is 10.7. The van der Waals surface area contributed by atoms with Crippen LogP contribution in [0.5, 0.6) is 11.5 Å². The Balaban J connectivity index is 2.17. The summed E-state index contributed by atoms with van der Waals surface area (Å²) in [5.41, 5.74) is 0.794. The summed E-state index contributed by atoms with van der Waals surface area (Å²) >= 11 is 6.20. The predicted octanol–water partition coefficient (Wildman–Crippen LogP) is 3.52. The lowest BCUT2D eigenvalue weighted by atomic mass is 9.96. The summed E-state index contributed by atoms with van der Waals surface area (Å²) in [4.78, 5) is 34.1. The number of nitrogens with zero attached hydrogens (tertiary/aromatic N) is 3. The summed E-state index contributed by atoms with van der Waals surface area (Å²) in [6, 6.07) is 5.69. The first-order chi connectivity index (χ1) is 15.9. The average molecular weight is 474 g/mol. The second-order valence-electron chi connectivity index (χ2n) is 7.49. The predicted molar refractivity (Wildman–Crippen MR) is 126 cm³/mol. The molecule has 0 saturated carbocycles.